The van der Waals surface area contributed by atoms with Crippen molar-refractivity contribution in [3.05, 3.63) is 83.7 Å². The van der Waals surface area contributed by atoms with E-state index < -0.39 is 16.1 Å². The van der Waals surface area contributed by atoms with E-state index in [9.17, 15) is 18.0 Å². The molecule has 2 fully saturated rings. The van der Waals surface area contributed by atoms with Crippen LogP contribution in [0.1, 0.15) is 59.5 Å². The Kier molecular flexibility index (Phi) is 8.52. The zero-order valence-corrected chi connectivity index (χ0v) is 27.9. The first-order chi connectivity index (χ1) is 22.7. The van der Waals surface area contributed by atoms with Gasteiger partial charge in [0.1, 0.15) is 0 Å². The van der Waals surface area contributed by atoms with Crippen molar-refractivity contribution in [3.8, 4) is 11.3 Å². The average Bonchev–Trinajstić information content (AvgIpc) is 3.30. The number of rotatable bonds is 6. The van der Waals surface area contributed by atoms with Gasteiger partial charge in [-0.05, 0) is 60.6 Å². The molecule has 1 N–H and O–H groups in total. The van der Waals surface area contributed by atoms with Crippen LogP contribution in [0.25, 0.3) is 22.2 Å². The van der Waals surface area contributed by atoms with Crippen LogP contribution < -0.4 is 9.62 Å². The summed E-state index contributed by atoms with van der Waals surface area (Å²) in [5, 5.41) is 1.08. The molecule has 4 aromatic rings. The fourth-order valence-corrected chi connectivity index (χ4v) is 8.25. The molecule has 3 aliphatic rings. The number of benzene rings is 2. The Labute approximate surface area is 276 Å². The molecule has 1 saturated heterocycles. The number of carbonyl (C=O) groups is 2. The molecule has 4 heterocycles. The van der Waals surface area contributed by atoms with Crippen LogP contribution in [0.2, 0.25) is 0 Å². The largest absolute Gasteiger partial charge is 0.368 e. The summed E-state index contributed by atoms with van der Waals surface area (Å²) in [6.45, 7) is 3.30. The van der Waals surface area contributed by atoms with E-state index >= 15 is 0 Å². The minimum absolute atomic E-state index is 0.147. The molecule has 11 heteroatoms. The summed E-state index contributed by atoms with van der Waals surface area (Å²) in [5.41, 5.74) is 6.99. The molecule has 1 unspecified atom stereocenters. The topological polar surface area (TPSA) is 108 Å². The third-order valence-electron chi connectivity index (χ3n) is 10.2. The molecule has 246 valence electrons. The van der Waals surface area contributed by atoms with E-state index in [4.69, 9.17) is 0 Å². The van der Waals surface area contributed by atoms with Gasteiger partial charge in [0, 0.05) is 86.9 Å². The quantitative estimate of drug-likeness (QED) is 0.320. The van der Waals surface area contributed by atoms with Gasteiger partial charge in [-0.3, -0.25) is 14.6 Å². The predicted molar refractivity (Wildman–Crippen MR) is 183 cm³/mol. The van der Waals surface area contributed by atoms with Crippen molar-refractivity contribution >= 4 is 38.6 Å². The number of hydrogen-bond donors (Lipinski definition) is 1. The third kappa shape index (κ3) is 6.02. The van der Waals surface area contributed by atoms with Gasteiger partial charge in [-0.2, -0.15) is 12.7 Å². The van der Waals surface area contributed by atoms with E-state index in [1.807, 2.05) is 29.2 Å². The highest BCUT2D eigenvalue weighted by Crippen LogP contribution is 2.47. The number of piperazine rings is 1. The van der Waals surface area contributed by atoms with Crippen LogP contribution in [0, 0.1) is 5.92 Å². The number of carbonyl (C=O) groups excluding carboxylic acids is 2. The van der Waals surface area contributed by atoms with Gasteiger partial charge in [0.15, 0.2) is 0 Å². The molecule has 0 bridgehead atoms. The van der Waals surface area contributed by atoms with Gasteiger partial charge in [-0.25, -0.2) is 4.72 Å². The van der Waals surface area contributed by atoms with Crippen molar-refractivity contribution in [1.82, 2.24) is 23.5 Å². The molecule has 2 aromatic carbocycles. The van der Waals surface area contributed by atoms with Gasteiger partial charge in [-0.1, -0.05) is 49.6 Å². The molecular weight excluding hydrogens is 613 g/mol. The van der Waals surface area contributed by atoms with Gasteiger partial charge in [0.25, 0.3) is 5.91 Å². The molecule has 1 atom stereocenters. The standard InChI is InChI=1S/C36H42N6O4S/c1-39(2)47(45,46)38-35(43)27-12-13-31-32(23-27)42-24-28(36(44)41-20-18-40(19-21-41)29-14-16-37-17-15-29)22-26-10-6-7-11-30(26)34(42)33(31)25-8-4-3-5-9-25/h6-7,10-17,23,25,28H,3-5,8-9,18-22,24H2,1-2H3,(H,38,43). The van der Waals surface area contributed by atoms with Gasteiger partial charge >= 0.3 is 10.2 Å². The first-order valence-electron chi connectivity index (χ1n) is 16.6. The maximum atomic E-state index is 14.4. The fourth-order valence-electron chi connectivity index (χ4n) is 7.71. The SMILES string of the molecule is CN(C)S(=O)(=O)NC(=O)c1ccc2c(C3CCCCC3)c3n(c2c1)CC(C(=O)N1CCN(c2ccncc2)CC1)Cc1ccccc1-3. The lowest BCUT2D eigenvalue weighted by atomic mass is 9.81. The number of hydrogen-bond acceptors (Lipinski definition) is 6. The second-order valence-electron chi connectivity index (χ2n) is 13.2. The second-order valence-corrected chi connectivity index (χ2v) is 15.1. The number of nitrogens with zero attached hydrogens (tertiary/aromatic N) is 5. The van der Waals surface area contributed by atoms with Crippen molar-refractivity contribution < 1.29 is 18.0 Å². The Bertz CT molecular complexity index is 1910. The zero-order chi connectivity index (χ0) is 32.7. The Morgan fingerprint density at radius 3 is 2.36 bits per heavy atom. The predicted octanol–water partition coefficient (Wildman–Crippen LogP) is 4.81. The molecule has 10 nitrogen and oxygen atoms in total. The van der Waals surface area contributed by atoms with Crippen molar-refractivity contribution in [2.75, 3.05) is 45.2 Å². The molecule has 47 heavy (non-hydrogen) atoms. The lowest BCUT2D eigenvalue weighted by Crippen LogP contribution is -2.51. The van der Waals surface area contributed by atoms with Crippen LogP contribution in [0.3, 0.4) is 0 Å². The van der Waals surface area contributed by atoms with Crippen molar-refractivity contribution in [3.63, 3.8) is 0 Å². The molecule has 0 radical (unpaired) electrons. The van der Waals surface area contributed by atoms with E-state index in [1.165, 1.54) is 38.9 Å². The molecule has 0 spiro atoms. The van der Waals surface area contributed by atoms with Gasteiger partial charge < -0.3 is 14.4 Å². The van der Waals surface area contributed by atoms with Gasteiger partial charge in [-0.15, -0.1) is 0 Å². The first-order valence-corrected chi connectivity index (χ1v) is 18.1. The second kappa shape index (κ2) is 12.8. The summed E-state index contributed by atoms with van der Waals surface area (Å²) >= 11 is 0. The smallest absolute Gasteiger partial charge is 0.303 e. The van der Waals surface area contributed by atoms with Crippen LogP contribution in [-0.2, 0) is 28.0 Å². The summed E-state index contributed by atoms with van der Waals surface area (Å²) in [6.07, 6.45) is 10.0. The summed E-state index contributed by atoms with van der Waals surface area (Å²) in [5.74, 6) is -0.442. The van der Waals surface area contributed by atoms with Crippen LogP contribution >= 0.6 is 0 Å². The first kappa shape index (κ1) is 31.4. The number of fused-ring (bicyclic) bond motifs is 5. The maximum absolute atomic E-state index is 14.4. The van der Waals surface area contributed by atoms with E-state index in [0.29, 0.717) is 32.0 Å². The highest BCUT2D eigenvalue weighted by molar-refractivity contribution is 7.87. The Hall–Kier alpha value is -4.22. The van der Waals surface area contributed by atoms with Crippen LogP contribution in [0.4, 0.5) is 5.69 Å². The summed E-state index contributed by atoms with van der Waals surface area (Å²) < 4.78 is 30.5. The number of pyridine rings is 1. The summed E-state index contributed by atoms with van der Waals surface area (Å²) in [4.78, 5) is 36.1. The Morgan fingerprint density at radius 2 is 1.64 bits per heavy atom. The molecular formula is C36H42N6O4S. The van der Waals surface area contributed by atoms with Crippen molar-refractivity contribution in [2.24, 2.45) is 5.92 Å². The minimum Gasteiger partial charge on any atom is -0.368 e. The van der Waals surface area contributed by atoms with Gasteiger partial charge in [0.2, 0.25) is 5.91 Å². The Morgan fingerprint density at radius 1 is 0.915 bits per heavy atom. The van der Waals surface area contributed by atoms with Crippen LogP contribution in [0.5, 0.6) is 0 Å². The number of nitrogens with one attached hydrogen (secondary N) is 1. The molecule has 2 aromatic heterocycles. The van der Waals surface area contributed by atoms with E-state index in [0.717, 1.165) is 63.6 Å². The highest BCUT2D eigenvalue weighted by Gasteiger charge is 2.35. The lowest BCUT2D eigenvalue weighted by Gasteiger charge is -2.37. The monoisotopic (exact) mass is 654 g/mol. The third-order valence-corrected chi connectivity index (χ3v) is 11.6. The Balaban J connectivity index is 1.29. The number of amides is 2. The van der Waals surface area contributed by atoms with E-state index in [1.54, 1.807) is 18.5 Å². The average molecular weight is 655 g/mol. The molecule has 1 saturated carbocycles. The lowest BCUT2D eigenvalue weighted by molar-refractivity contribution is -0.136. The number of anilines is 1. The summed E-state index contributed by atoms with van der Waals surface area (Å²) in [7, 11) is -1.19. The fraction of sp³-hybridized carbons (Fsp3) is 0.417. The summed E-state index contributed by atoms with van der Waals surface area (Å²) in [6, 6.07) is 18.0. The molecule has 7 rings (SSSR count). The van der Waals surface area contributed by atoms with E-state index in [-0.39, 0.29) is 17.4 Å². The molecule has 1 aliphatic carbocycles. The van der Waals surface area contributed by atoms with Gasteiger partial charge in [0.05, 0.1) is 11.6 Å². The molecule has 2 amide bonds. The highest BCUT2D eigenvalue weighted by atomic mass is 32.2. The van der Waals surface area contributed by atoms with Crippen LogP contribution in [0.15, 0.2) is 67.0 Å². The van der Waals surface area contributed by atoms with Crippen molar-refractivity contribution in [1.29, 1.82) is 0 Å². The normalized spacial score (nSPS) is 18.9. The molecule has 2 aliphatic heterocycles. The zero-order valence-electron chi connectivity index (χ0n) is 27.1. The minimum atomic E-state index is -3.96. The maximum Gasteiger partial charge on any atom is 0.303 e. The van der Waals surface area contributed by atoms with E-state index in [2.05, 4.69) is 43.4 Å². The van der Waals surface area contributed by atoms with Crippen molar-refractivity contribution in [2.45, 2.75) is 51.0 Å². The number of aromatic nitrogens is 2. The van der Waals surface area contributed by atoms with Crippen LogP contribution in [-0.4, -0.2) is 79.3 Å².